The first kappa shape index (κ1) is 22.4. The van der Waals surface area contributed by atoms with Gasteiger partial charge in [0.05, 0.1) is 16.5 Å². The molecule has 0 spiro atoms. The predicted octanol–water partition coefficient (Wildman–Crippen LogP) is 0.256. The van der Waals surface area contributed by atoms with Crippen molar-refractivity contribution < 1.29 is 22.7 Å². The lowest BCUT2D eigenvalue weighted by atomic mass is 10.0. The summed E-state index contributed by atoms with van der Waals surface area (Å²) in [6, 6.07) is 4.14. The van der Waals surface area contributed by atoms with Crippen molar-refractivity contribution >= 4 is 39.9 Å². The van der Waals surface area contributed by atoms with Crippen LogP contribution in [0.3, 0.4) is 0 Å². The van der Waals surface area contributed by atoms with E-state index in [1.165, 1.54) is 22.5 Å². The minimum Gasteiger partial charge on any atom is -0.482 e. The number of rotatable bonds is 4. The first-order valence-electron chi connectivity index (χ1n) is 8.81. The zero-order chi connectivity index (χ0) is 19.8. The molecular weight excluding hydrogens is 408 g/mol. The molecule has 1 saturated heterocycles. The van der Waals surface area contributed by atoms with E-state index in [4.69, 9.17) is 10.5 Å². The number of anilines is 1. The molecule has 3 rings (SSSR count). The molecule has 0 aliphatic carbocycles. The molecule has 2 heterocycles. The summed E-state index contributed by atoms with van der Waals surface area (Å²) in [5, 5.41) is 2.61. The Hall–Kier alpha value is -1.88. The number of sulfonamides is 1. The molecule has 0 aromatic heterocycles. The maximum absolute atomic E-state index is 12.9. The third kappa shape index (κ3) is 4.40. The van der Waals surface area contributed by atoms with Gasteiger partial charge in [0.25, 0.3) is 5.91 Å². The summed E-state index contributed by atoms with van der Waals surface area (Å²) in [6.07, 6.45) is 0. The fourth-order valence-electron chi connectivity index (χ4n) is 3.03. The highest BCUT2D eigenvalue weighted by Crippen LogP contribution is 2.31. The van der Waals surface area contributed by atoms with Gasteiger partial charge in [0.15, 0.2) is 6.61 Å². The summed E-state index contributed by atoms with van der Waals surface area (Å²) in [6.45, 7) is 4.52. The topological polar surface area (TPSA) is 122 Å². The van der Waals surface area contributed by atoms with Crippen LogP contribution in [0.4, 0.5) is 5.69 Å². The number of carbonyl (C=O) groups is 2. The van der Waals surface area contributed by atoms with Gasteiger partial charge < -0.3 is 20.7 Å². The third-order valence-electron chi connectivity index (χ3n) is 4.95. The molecule has 156 valence electrons. The number of hydrogen-bond donors (Lipinski definition) is 2. The van der Waals surface area contributed by atoms with E-state index in [1.807, 2.05) is 0 Å². The van der Waals surface area contributed by atoms with Gasteiger partial charge >= 0.3 is 0 Å². The van der Waals surface area contributed by atoms with Gasteiger partial charge in [-0.05, 0) is 25.1 Å². The Labute approximate surface area is 170 Å². The standard InChI is InChI=1S/C17H24N4O5S.ClH/c1-11(12(2)18)17(23)20-5-7-21(8-6-20)27(24,25)13-3-4-15-14(9-13)19-16(22)10-26-15;/h3-4,9,11-12H,5-8,10,18H2,1-2H3,(H,19,22);1H. The monoisotopic (exact) mass is 432 g/mol. The molecule has 1 aromatic carbocycles. The van der Waals surface area contributed by atoms with E-state index >= 15 is 0 Å². The minimum atomic E-state index is -3.73. The number of nitrogens with two attached hydrogens (primary N) is 1. The second-order valence-corrected chi connectivity index (χ2v) is 8.81. The van der Waals surface area contributed by atoms with Crippen LogP contribution in [-0.4, -0.2) is 68.3 Å². The van der Waals surface area contributed by atoms with Crippen LogP contribution in [0.1, 0.15) is 13.8 Å². The lowest BCUT2D eigenvalue weighted by Crippen LogP contribution is -2.53. The number of hydrogen-bond acceptors (Lipinski definition) is 6. The molecular formula is C17H25ClN4O5S. The molecule has 0 saturated carbocycles. The van der Waals surface area contributed by atoms with E-state index in [1.54, 1.807) is 18.7 Å². The van der Waals surface area contributed by atoms with Crippen LogP contribution in [0.5, 0.6) is 5.75 Å². The fraction of sp³-hybridized carbons (Fsp3) is 0.529. The van der Waals surface area contributed by atoms with Crippen LogP contribution < -0.4 is 15.8 Å². The minimum absolute atomic E-state index is 0. The summed E-state index contributed by atoms with van der Waals surface area (Å²) < 4.78 is 32.4. The molecule has 0 radical (unpaired) electrons. The molecule has 2 amide bonds. The third-order valence-corrected chi connectivity index (χ3v) is 6.84. The Balaban J connectivity index is 0.00000280. The Morgan fingerprint density at radius 2 is 1.86 bits per heavy atom. The number of halogens is 1. The second-order valence-electron chi connectivity index (χ2n) is 6.87. The Bertz CT molecular complexity index is 853. The zero-order valence-corrected chi connectivity index (χ0v) is 17.4. The van der Waals surface area contributed by atoms with Crippen molar-refractivity contribution in [2.45, 2.75) is 24.8 Å². The maximum Gasteiger partial charge on any atom is 0.262 e. The van der Waals surface area contributed by atoms with Crippen LogP contribution in [0.15, 0.2) is 23.1 Å². The van der Waals surface area contributed by atoms with Gasteiger partial charge in [-0.3, -0.25) is 9.59 Å². The van der Waals surface area contributed by atoms with Crippen molar-refractivity contribution in [2.75, 3.05) is 38.1 Å². The number of nitrogens with zero attached hydrogens (tertiary/aromatic N) is 2. The van der Waals surface area contributed by atoms with E-state index in [9.17, 15) is 18.0 Å². The summed E-state index contributed by atoms with van der Waals surface area (Å²) in [7, 11) is -3.73. The Morgan fingerprint density at radius 1 is 1.21 bits per heavy atom. The summed E-state index contributed by atoms with van der Waals surface area (Å²) in [5.41, 5.74) is 6.13. The Morgan fingerprint density at radius 3 is 2.46 bits per heavy atom. The van der Waals surface area contributed by atoms with Crippen LogP contribution in [0, 0.1) is 5.92 Å². The van der Waals surface area contributed by atoms with E-state index in [-0.39, 0.29) is 60.8 Å². The molecule has 2 aliphatic heterocycles. The van der Waals surface area contributed by atoms with E-state index in [2.05, 4.69) is 5.32 Å². The van der Waals surface area contributed by atoms with Gasteiger partial charge in [0.1, 0.15) is 5.75 Å². The normalized spacial score (nSPS) is 19.5. The van der Waals surface area contributed by atoms with Crippen molar-refractivity contribution in [1.29, 1.82) is 0 Å². The number of ether oxygens (including phenoxy) is 1. The molecule has 2 atom stereocenters. The van der Waals surface area contributed by atoms with Crippen molar-refractivity contribution in [3.05, 3.63) is 18.2 Å². The fourth-order valence-corrected chi connectivity index (χ4v) is 4.48. The average molecular weight is 433 g/mol. The summed E-state index contributed by atoms with van der Waals surface area (Å²) in [5.74, 6) is -0.255. The average Bonchev–Trinajstić information content (AvgIpc) is 2.66. The molecule has 2 unspecified atom stereocenters. The highest BCUT2D eigenvalue weighted by Gasteiger charge is 2.33. The zero-order valence-electron chi connectivity index (χ0n) is 15.8. The first-order chi connectivity index (χ1) is 12.7. The van der Waals surface area contributed by atoms with Crippen LogP contribution in [0.25, 0.3) is 0 Å². The quantitative estimate of drug-likeness (QED) is 0.703. The molecule has 3 N–H and O–H groups in total. The smallest absolute Gasteiger partial charge is 0.262 e. The number of carbonyl (C=O) groups excluding carboxylic acids is 2. The molecule has 0 bridgehead atoms. The highest BCUT2D eigenvalue weighted by atomic mass is 35.5. The van der Waals surface area contributed by atoms with Gasteiger partial charge in [0.2, 0.25) is 15.9 Å². The SMILES string of the molecule is CC(N)C(C)C(=O)N1CCN(S(=O)(=O)c2ccc3c(c2)NC(=O)CO3)CC1.Cl. The number of amides is 2. The van der Waals surface area contributed by atoms with Gasteiger partial charge in [-0.1, -0.05) is 6.92 Å². The van der Waals surface area contributed by atoms with Crippen molar-refractivity contribution in [3.63, 3.8) is 0 Å². The molecule has 11 heteroatoms. The molecule has 1 aromatic rings. The predicted molar refractivity (Wildman–Crippen MR) is 106 cm³/mol. The molecule has 2 aliphatic rings. The summed E-state index contributed by atoms with van der Waals surface area (Å²) in [4.78, 5) is 25.6. The van der Waals surface area contributed by atoms with Gasteiger partial charge in [0, 0.05) is 32.2 Å². The van der Waals surface area contributed by atoms with E-state index < -0.39 is 10.0 Å². The van der Waals surface area contributed by atoms with Crippen LogP contribution >= 0.6 is 12.4 Å². The Kier molecular flexibility index (Phi) is 6.92. The summed E-state index contributed by atoms with van der Waals surface area (Å²) >= 11 is 0. The van der Waals surface area contributed by atoms with Crippen molar-refractivity contribution in [1.82, 2.24) is 9.21 Å². The largest absolute Gasteiger partial charge is 0.482 e. The first-order valence-corrected chi connectivity index (χ1v) is 10.3. The highest BCUT2D eigenvalue weighted by molar-refractivity contribution is 7.89. The van der Waals surface area contributed by atoms with E-state index in [0.717, 1.165) is 0 Å². The van der Waals surface area contributed by atoms with Crippen molar-refractivity contribution in [2.24, 2.45) is 11.7 Å². The van der Waals surface area contributed by atoms with Crippen molar-refractivity contribution in [3.8, 4) is 5.75 Å². The molecule has 28 heavy (non-hydrogen) atoms. The van der Waals surface area contributed by atoms with Crippen LogP contribution in [0.2, 0.25) is 0 Å². The van der Waals surface area contributed by atoms with Gasteiger partial charge in [-0.25, -0.2) is 8.42 Å². The molecule has 1 fully saturated rings. The lowest BCUT2D eigenvalue weighted by Gasteiger charge is -2.36. The lowest BCUT2D eigenvalue weighted by molar-refractivity contribution is -0.136. The number of piperazine rings is 1. The number of fused-ring (bicyclic) bond motifs is 1. The van der Waals surface area contributed by atoms with Crippen LogP contribution in [-0.2, 0) is 19.6 Å². The number of nitrogens with one attached hydrogen (secondary N) is 1. The maximum atomic E-state index is 12.9. The van der Waals surface area contributed by atoms with E-state index in [0.29, 0.717) is 24.5 Å². The molecule has 9 nitrogen and oxygen atoms in total. The number of benzene rings is 1. The second kappa shape index (κ2) is 8.64. The van der Waals surface area contributed by atoms with Gasteiger partial charge in [-0.2, -0.15) is 4.31 Å². The van der Waals surface area contributed by atoms with Gasteiger partial charge in [-0.15, -0.1) is 12.4 Å².